The molecule has 0 radical (unpaired) electrons. The van der Waals surface area contributed by atoms with Gasteiger partial charge < -0.3 is 4.74 Å². The van der Waals surface area contributed by atoms with E-state index >= 15 is 0 Å². The topological polar surface area (TPSA) is 101 Å². The molecule has 1 aliphatic rings. The Kier molecular flexibility index (Phi) is 5.30. The van der Waals surface area contributed by atoms with Crippen LogP contribution in [0.15, 0.2) is 28.6 Å². The van der Waals surface area contributed by atoms with Crippen LogP contribution in [0.2, 0.25) is 0 Å². The van der Waals surface area contributed by atoms with Gasteiger partial charge in [-0.1, -0.05) is 17.8 Å². The third-order valence-corrected chi connectivity index (χ3v) is 6.45. The van der Waals surface area contributed by atoms with Gasteiger partial charge in [0.05, 0.1) is 17.6 Å². The zero-order valence-electron chi connectivity index (χ0n) is 13.6. The van der Waals surface area contributed by atoms with Crippen molar-refractivity contribution in [2.75, 3.05) is 25.5 Å². The third-order valence-electron chi connectivity index (χ3n) is 3.95. The van der Waals surface area contributed by atoms with Gasteiger partial charge in [-0.05, 0) is 31.0 Å². The Balaban J connectivity index is 1.92. The van der Waals surface area contributed by atoms with E-state index < -0.39 is 15.9 Å². The first-order valence-electron chi connectivity index (χ1n) is 7.78. The van der Waals surface area contributed by atoms with Gasteiger partial charge in [0.25, 0.3) is 5.91 Å². The fraction of sp³-hybridized carbons (Fsp3) is 0.400. The molecular formula is C15H18N4O4S2. The minimum atomic E-state index is -3.63. The lowest BCUT2D eigenvalue weighted by Crippen LogP contribution is -2.35. The first kappa shape index (κ1) is 17.8. The molecule has 0 unspecified atom stereocenters. The van der Waals surface area contributed by atoms with Gasteiger partial charge in [-0.2, -0.15) is 4.31 Å². The number of aromatic nitrogens is 2. The van der Waals surface area contributed by atoms with E-state index in [1.165, 1.54) is 46.5 Å². The minimum Gasteiger partial charge on any atom is -0.496 e. The Labute approximate surface area is 149 Å². The standard InChI is InChI=1S/C15H18N4O4S2/c1-23-13-6-5-11(25(21,22)19-7-3-2-4-8-19)9-12(13)14(20)17-15-18-16-10-24-15/h5-6,9-10H,2-4,7-8H2,1H3,(H,17,18,20). The molecule has 8 nitrogen and oxygen atoms in total. The molecule has 1 aromatic carbocycles. The number of nitrogens with zero attached hydrogens (tertiary/aromatic N) is 3. The van der Waals surface area contributed by atoms with Crippen LogP contribution in [0.1, 0.15) is 29.6 Å². The van der Waals surface area contributed by atoms with E-state index in [0.717, 1.165) is 19.3 Å². The van der Waals surface area contributed by atoms with E-state index in [2.05, 4.69) is 15.5 Å². The molecule has 2 heterocycles. The molecule has 1 aromatic heterocycles. The van der Waals surface area contributed by atoms with Crippen LogP contribution in [-0.2, 0) is 10.0 Å². The second-order valence-electron chi connectivity index (χ2n) is 5.52. The summed E-state index contributed by atoms with van der Waals surface area (Å²) < 4.78 is 32.3. The molecular weight excluding hydrogens is 364 g/mol. The Bertz CT molecular complexity index is 846. The van der Waals surface area contributed by atoms with E-state index in [-0.39, 0.29) is 10.5 Å². The van der Waals surface area contributed by atoms with Gasteiger partial charge in [-0.15, -0.1) is 10.2 Å². The SMILES string of the molecule is COc1ccc(S(=O)(=O)N2CCCCC2)cc1C(=O)Nc1nncs1. The van der Waals surface area contributed by atoms with Gasteiger partial charge in [0.1, 0.15) is 11.3 Å². The quantitative estimate of drug-likeness (QED) is 0.848. The highest BCUT2D eigenvalue weighted by atomic mass is 32.2. The molecule has 10 heteroatoms. The van der Waals surface area contributed by atoms with E-state index in [9.17, 15) is 13.2 Å². The van der Waals surface area contributed by atoms with Crippen molar-refractivity contribution in [3.63, 3.8) is 0 Å². The zero-order valence-corrected chi connectivity index (χ0v) is 15.3. The maximum atomic E-state index is 12.8. The molecule has 0 bridgehead atoms. The highest BCUT2D eigenvalue weighted by Crippen LogP contribution is 2.27. The van der Waals surface area contributed by atoms with Gasteiger partial charge in [0, 0.05) is 13.1 Å². The summed E-state index contributed by atoms with van der Waals surface area (Å²) >= 11 is 1.17. The van der Waals surface area contributed by atoms with Gasteiger partial charge in [0.15, 0.2) is 0 Å². The monoisotopic (exact) mass is 382 g/mol. The summed E-state index contributed by atoms with van der Waals surface area (Å²) in [5, 5.41) is 10.3. The molecule has 0 atom stereocenters. The number of rotatable bonds is 5. The zero-order chi connectivity index (χ0) is 17.9. The van der Waals surface area contributed by atoms with Crippen LogP contribution >= 0.6 is 11.3 Å². The van der Waals surface area contributed by atoms with Crippen LogP contribution in [0.4, 0.5) is 5.13 Å². The van der Waals surface area contributed by atoms with Crippen molar-refractivity contribution in [3.8, 4) is 5.75 Å². The summed E-state index contributed by atoms with van der Waals surface area (Å²) in [6, 6.07) is 4.30. The molecule has 1 saturated heterocycles. The molecule has 0 spiro atoms. The van der Waals surface area contributed by atoms with Crippen molar-refractivity contribution < 1.29 is 17.9 Å². The summed E-state index contributed by atoms with van der Waals surface area (Å²) in [7, 11) is -2.21. The summed E-state index contributed by atoms with van der Waals surface area (Å²) in [4.78, 5) is 12.6. The number of nitrogens with one attached hydrogen (secondary N) is 1. The van der Waals surface area contributed by atoms with Crippen LogP contribution in [0.5, 0.6) is 5.75 Å². The lowest BCUT2D eigenvalue weighted by atomic mass is 10.2. The predicted molar refractivity (Wildman–Crippen MR) is 93.5 cm³/mol. The van der Waals surface area contributed by atoms with Crippen molar-refractivity contribution in [3.05, 3.63) is 29.3 Å². The maximum absolute atomic E-state index is 12.8. The van der Waals surface area contributed by atoms with Crippen LogP contribution in [0, 0.1) is 0 Å². The lowest BCUT2D eigenvalue weighted by Gasteiger charge is -2.26. The largest absolute Gasteiger partial charge is 0.496 e. The normalized spacial score (nSPS) is 15.7. The Hall–Kier alpha value is -2.04. The molecule has 3 rings (SSSR count). The van der Waals surface area contributed by atoms with Crippen molar-refractivity contribution in [1.82, 2.24) is 14.5 Å². The molecule has 1 N–H and O–H groups in total. The van der Waals surface area contributed by atoms with E-state index in [1.807, 2.05) is 0 Å². The predicted octanol–water partition coefficient (Wildman–Crippen LogP) is 1.97. The number of hydrogen-bond acceptors (Lipinski definition) is 7. The maximum Gasteiger partial charge on any atom is 0.261 e. The lowest BCUT2D eigenvalue weighted by molar-refractivity contribution is 0.102. The van der Waals surface area contributed by atoms with E-state index in [0.29, 0.717) is 24.0 Å². The number of carbonyl (C=O) groups is 1. The van der Waals surface area contributed by atoms with Crippen molar-refractivity contribution >= 4 is 32.4 Å². The molecule has 0 saturated carbocycles. The van der Waals surface area contributed by atoms with Gasteiger partial charge in [0.2, 0.25) is 15.2 Å². The van der Waals surface area contributed by atoms with E-state index in [1.54, 1.807) is 0 Å². The van der Waals surface area contributed by atoms with Crippen molar-refractivity contribution in [1.29, 1.82) is 0 Å². The Morgan fingerprint density at radius 2 is 2.04 bits per heavy atom. The van der Waals surface area contributed by atoms with Gasteiger partial charge >= 0.3 is 0 Å². The number of hydrogen-bond donors (Lipinski definition) is 1. The number of amides is 1. The summed E-state index contributed by atoms with van der Waals surface area (Å²) in [6.45, 7) is 1.00. The Morgan fingerprint density at radius 3 is 2.68 bits per heavy atom. The first-order valence-corrected chi connectivity index (χ1v) is 10.1. The number of anilines is 1. The average molecular weight is 382 g/mol. The Morgan fingerprint density at radius 1 is 1.28 bits per heavy atom. The van der Waals surface area contributed by atoms with Crippen molar-refractivity contribution in [2.24, 2.45) is 0 Å². The number of sulfonamides is 1. The van der Waals surface area contributed by atoms with Crippen LogP contribution < -0.4 is 10.1 Å². The molecule has 1 fully saturated rings. The molecule has 2 aromatic rings. The van der Waals surface area contributed by atoms with Crippen LogP contribution in [0.3, 0.4) is 0 Å². The molecule has 25 heavy (non-hydrogen) atoms. The molecule has 0 aliphatic carbocycles. The van der Waals surface area contributed by atoms with Crippen LogP contribution in [-0.4, -0.2) is 49.0 Å². The minimum absolute atomic E-state index is 0.0811. The molecule has 1 aliphatic heterocycles. The summed E-state index contributed by atoms with van der Waals surface area (Å²) in [5.74, 6) is -0.205. The van der Waals surface area contributed by atoms with Gasteiger partial charge in [-0.25, -0.2) is 8.42 Å². The number of ether oxygens (including phenoxy) is 1. The average Bonchev–Trinajstić information content (AvgIpc) is 3.14. The second kappa shape index (κ2) is 7.46. The first-order chi connectivity index (χ1) is 12.0. The smallest absolute Gasteiger partial charge is 0.261 e. The van der Waals surface area contributed by atoms with Crippen LogP contribution in [0.25, 0.3) is 0 Å². The molecule has 134 valence electrons. The molecule has 1 amide bonds. The van der Waals surface area contributed by atoms with Crippen molar-refractivity contribution in [2.45, 2.75) is 24.2 Å². The number of carbonyl (C=O) groups excluding carboxylic acids is 1. The number of piperidine rings is 1. The third kappa shape index (κ3) is 3.80. The number of benzene rings is 1. The second-order valence-corrected chi connectivity index (χ2v) is 8.30. The summed E-state index contributed by atoms with van der Waals surface area (Å²) in [6.07, 6.45) is 2.73. The van der Waals surface area contributed by atoms with Gasteiger partial charge in [-0.3, -0.25) is 10.1 Å². The highest BCUT2D eigenvalue weighted by molar-refractivity contribution is 7.89. The fourth-order valence-electron chi connectivity index (χ4n) is 2.67. The summed E-state index contributed by atoms with van der Waals surface area (Å²) in [5.41, 5.74) is 1.63. The van der Waals surface area contributed by atoms with E-state index in [4.69, 9.17) is 4.74 Å². The number of methoxy groups -OCH3 is 1. The fourth-order valence-corrected chi connectivity index (χ4v) is 4.66. The highest BCUT2D eigenvalue weighted by Gasteiger charge is 2.27.